The fraction of sp³-hybridized carbons (Fsp3) is 0.263. The van der Waals surface area contributed by atoms with Crippen molar-refractivity contribution in [2.75, 3.05) is 13.1 Å². The number of rotatable bonds is 7. The molecule has 0 saturated carbocycles. The van der Waals surface area contributed by atoms with Crippen molar-refractivity contribution in [2.24, 2.45) is 0 Å². The largest absolute Gasteiger partial charge is 0.423 e. The van der Waals surface area contributed by atoms with Crippen molar-refractivity contribution in [3.63, 3.8) is 0 Å². The molecule has 0 aliphatic rings. The number of nitrogens with zero attached hydrogens (tertiary/aromatic N) is 2. The summed E-state index contributed by atoms with van der Waals surface area (Å²) in [4.78, 5) is 16.3. The van der Waals surface area contributed by atoms with Crippen LogP contribution >= 0.6 is 27.7 Å². The van der Waals surface area contributed by atoms with E-state index in [4.69, 9.17) is 4.42 Å². The van der Waals surface area contributed by atoms with E-state index < -0.39 is 15.6 Å². The number of fused-ring (bicyclic) bond motifs is 1. The molecule has 0 aliphatic heterocycles. The summed E-state index contributed by atoms with van der Waals surface area (Å²) in [6.45, 7) is 4.43. The summed E-state index contributed by atoms with van der Waals surface area (Å²) in [5, 5.41) is 1.54. The molecule has 9 heteroatoms. The smallest absolute Gasteiger partial charge is 0.336 e. The van der Waals surface area contributed by atoms with Crippen LogP contribution in [-0.4, -0.2) is 30.8 Å². The van der Waals surface area contributed by atoms with Crippen LogP contribution in [0.3, 0.4) is 0 Å². The predicted molar refractivity (Wildman–Crippen MR) is 114 cm³/mol. The molecular formula is C19H19BrN2O4S2. The second-order valence-electron chi connectivity index (χ2n) is 5.94. The Labute approximate surface area is 176 Å². The molecule has 0 saturated heterocycles. The third-order valence-corrected chi connectivity index (χ3v) is 7.74. The highest BCUT2D eigenvalue weighted by Gasteiger charge is 2.21. The molecule has 0 N–H and O–H groups in total. The van der Waals surface area contributed by atoms with E-state index in [9.17, 15) is 13.2 Å². The van der Waals surface area contributed by atoms with Crippen molar-refractivity contribution < 1.29 is 12.8 Å². The standard InChI is InChI=1S/C19H19BrN2O4S2/c1-3-22(4-2)28(24,25)15-6-8-18(21-11-15)27-12-13-9-19(23)26-17-10-14(20)5-7-16(13)17/h5-11H,3-4,12H2,1-2H3. The minimum absolute atomic E-state index is 0.177. The molecule has 0 fully saturated rings. The van der Waals surface area contributed by atoms with Gasteiger partial charge in [0.2, 0.25) is 10.0 Å². The third-order valence-electron chi connectivity index (χ3n) is 4.22. The topological polar surface area (TPSA) is 80.5 Å². The molecule has 0 aliphatic carbocycles. The highest BCUT2D eigenvalue weighted by Crippen LogP contribution is 2.27. The molecule has 6 nitrogen and oxygen atoms in total. The number of halogens is 1. The second kappa shape index (κ2) is 8.77. The Kier molecular flexibility index (Phi) is 6.59. The lowest BCUT2D eigenvalue weighted by molar-refractivity contribution is 0.445. The van der Waals surface area contributed by atoms with Crippen LogP contribution in [0.2, 0.25) is 0 Å². The van der Waals surface area contributed by atoms with E-state index in [0.717, 1.165) is 15.4 Å². The molecule has 2 heterocycles. The number of hydrogen-bond acceptors (Lipinski definition) is 6. The average molecular weight is 483 g/mol. The van der Waals surface area contributed by atoms with Crippen molar-refractivity contribution in [1.82, 2.24) is 9.29 Å². The first-order valence-corrected chi connectivity index (χ1v) is 11.9. The van der Waals surface area contributed by atoms with Crippen LogP contribution in [0.1, 0.15) is 19.4 Å². The lowest BCUT2D eigenvalue weighted by atomic mass is 10.1. The first kappa shape index (κ1) is 21.0. The SMILES string of the molecule is CCN(CC)S(=O)(=O)c1ccc(SCc2cc(=O)oc3cc(Br)ccc23)nc1. The highest BCUT2D eigenvalue weighted by atomic mass is 79.9. The van der Waals surface area contributed by atoms with Crippen LogP contribution in [0, 0.1) is 0 Å². The zero-order valence-electron chi connectivity index (χ0n) is 15.4. The second-order valence-corrected chi connectivity index (χ2v) is 9.79. The van der Waals surface area contributed by atoms with Gasteiger partial charge in [0.25, 0.3) is 0 Å². The van der Waals surface area contributed by atoms with E-state index in [1.54, 1.807) is 32.0 Å². The maximum absolute atomic E-state index is 12.5. The van der Waals surface area contributed by atoms with Gasteiger partial charge in [0.05, 0.1) is 5.03 Å². The molecule has 28 heavy (non-hydrogen) atoms. The molecule has 1 aromatic carbocycles. The Morgan fingerprint density at radius 1 is 1.14 bits per heavy atom. The van der Waals surface area contributed by atoms with Crippen LogP contribution in [0.25, 0.3) is 11.0 Å². The fourth-order valence-electron chi connectivity index (χ4n) is 2.79. The summed E-state index contributed by atoms with van der Waals surface area (Å²) in [5.41, 5.74) is 0.950. The van der Waals surface area contributed by atoms with Crippen LogP contribution < -0.4 is 5.63 Å². The normalized spacial score (nSPS) is 12.0. The summed E-state index contributed by atoms with van der Waals surface area (Å²) in [7, 11) is -3.52. The first-order chi connectivity index (χ1) is 13.3. The number of sulfonamides is 1. The molecular weight excluding hydrogens is 464 g/mol. The predicted octanol–water partition coefficient (Wildman–Crippen LogP) is 4.27. The van der Waals surface area contributed by atoms with E-state index in [1.165, 1.54) is 28.3 Å². The van der Waals surface area contributed by atoms with Crippen LogP contribution in [-0.2, 0) is 15.8 Å². The van der Waals surface area contributed by atoms with Gasteiger partial charge in [-0.15, -0.1) is 11.8 Å². The third kappa shape index (κ3) is 4.48. The van der Waals surface area contributed by atoms with E-state index in [1.807, 2.05) is 12.1 Å². The molecule has 3 aromatic rings. The molecule has 0 radical (unpaired) electrons. The first-order valence-electron chi connectivity index (χ1n) is 8.66. The van der Waals surface area contributed by atoms with Crippen molar-refractivity contribution in [3.05, 3.63) is 63.1 Å². The van der Waals surface area contributed by atoms with Crippen molar-refractivity contribution >= 4 is 48.7 Å². The van der Waals surface area contributed by atoms with Gasteiger partial charge < -0.3 is 4.42 Å². The van der Waals surface area contributed by atoms with Gasteiger partial charge in [-0.3, -0.25) is 0 Å². The summed E-state index contributed by atoms with van der Waals surface area (Å²) in [6.07, 6.45) is 1.38. The van der Waals surface area contributed by atoms with Crippen molar-refractivity contribution in [3.8, 4) is 0 Å². The van der Waals surface area contributed by atoms with Gasteiger partial charge in [-0.25, -0.2) is 18.2 Å². The highest BCUT2D eigenvalue weighted by molar-refractivity contribution is 9.10. The molecule has 0 atom stereocenters. The Bertz CT molecular complexity index is 1140. The van der Waals surface area contributed by atoms with E-state index in [-0.39, 0.29) is 4.90 Å². The fourth-order valence-corrected chi connectivity index (χ4v) is 5.37. The van der Waals surface area contributed by atoms with Crippen LogP contribution in [0.15, 0.2) is 66.2 Å². The van der Waals surface area contributed by atoms with Gasteiger partial charge in [0.15, 0.2) is 0 Å². The summed E-state index contributed by atoms with van der Waals surface area (Å²) in [6, 6.07) is 10.3. The van der Waals surface area contributed by atoms with Crippen molar-refractivity contribution in [2.45, 2.75) is 29.5 Å². The van der Waals surface area contributed by atoms with Gasteiger partial charge in [0.1, 0.15) is 10.5 Å². The maximum atomic E-state index is 12.5. The molecule has 3 rings (SSSR count). The number of pyridine rings is 1. The maximum Gasteiger partial charge on any atom is 0.336 e. The van der Waals surface area contributed by atoms with E-state index in [0.29, 0.717) is 29.5 Å². The zero-order chi connectivity index (χ0) is 20.3. The zero-order valence-corrected chi connectivity index (χ0v) is 18.6. The monoisotopic (exact) mass is 482 g/mol. The molecule has 0 spiro atoms. The summed E-state index contributed by atoms with van der Waals surface area (Å²) >= 11 is 4.80. The van der Waals surface area contributed by atoms with E-state index >= 15 is 0 Å². The van der Waals surface area contributed by atoms with E-state index in [2.05, 4.69) is 20.9 Å². The van der Waals surface area contributed by atoms with Gasteiger partial charge in [-0.05, 0) is 35.9 Å². The summed E-state index contributed by atoms with van der Waals surface area (Å²) < 4.78 is 32.5. The minimum Gasteiger partial charge on any atom is -0.423 e. The molecule has 0 amide bonds. The molecule has 0 unspecified atom stereocenters. The van der Waals surface area contributed by atoms with Crippen LogP contribution in [0.4, 0.5) is 0 Å². The Hall–Kier alpha value is -1.68. The molecule has 0 bridgehead atoms. The number of benzene rings is 1. The number of hydrogen-bond donors (Lipinski definition) is 0. The lowest BCUT2D eigenvalue weighted by Gasteiger charge is -2.18. The average Bonchev–Trinajstić information content (AvgIpc) is 2.66. The number of aromatic nitrogens is 1. The van der Waals surface area contributed by atoms with Gasteiger partial charge in [-0.1, -0.05) is 29.8 Å². The summed E-state index contributed by atoms with van der Waals surface area (Å²) in [5.74, 6) is 0.513. The van der Waals surface area contributed by atoms with Gasteiger partial charge >= 0.3 is 5.63 Å². The molecule has 148 valence electrons. The van der Waals surface area contributed by atoms with Crippen LogP contribution in [0.5, 0.6) is 0 Å². The Morgan fingerprint density at radius 3 is 2.54 bits per heavy atom. The van der Waals surface area contributed by atoms with Gasteiger partial charge in [0, 0.05) is 41.0 Å². The minimum atomic E-state index is -3.52. The molecule has 2 aromatic heterocycles. The Balaban J connectivity index is 1.81. The lowest BCUT2D eigenvalue weighted by Crippen LogP contribution is -2.30. The quantitative estimate of drug-likeness (QED) is 0.369. The number of thioether (sulfide) groups is 1. The van der Waals surface area contributed by atoms with Gasteiger partial charge in [-0.2, -0.15) is 4.31 Å². The Morgan fingerprint density at radius 2 is 1.89 bits per heavy atom. The van der Waals surface area contributed by atoms with Crippen molar-refractivity contribution in [1.29, 1.82) is 0 Å².